The van der Waals surface area contributed by atoms with E-state index < -0.39 is 23.5 Å². The minimum absolute atomic E-state index is 0.105. The first-order chi connectivity index (χ1) is 8.88. The minimum atomic E-state index is -4.61. The van der Waals surface area contributed by atoms with Crippen LogP contribution in [0.4, 0.5) is 13.2 Å². The predicted octanol–water partition coefficient (Wildman–Crippen LogP) is 0.600. The summed E-state index contributed by atoms with van der Waals surface area (Å²) in [5.41, 5.74) is -1.14. The lowest BCUT2D eigenvalue weighted by molar-refractivity contribution is -0.255. The van der Waals surface area contributed by atoms with Crippen LogP contribution in [0, 0.1) is 0 Å². The molecule has 8 heteroatoms. The van der Waals surface area contributed by atoms with Crippen LogP contribution in [-0.2, 0) is 19.0 Å². The number of halogens is 3. The molecule has 0 aromatic carbocycles. The molecule has 0 fully saturated rings. The lowest BCUT2D eigenvalue weighted by atomic mass is 10.1. The Hall–Kier alpha value is -2.12. The van der Waals surface area contributed by atoms with Crippen molar-refractivity contribution in [2.45, 2.75) is 25.4 Å². The molecule has 5 nitrogen and oxygen atoms in total. The Morgan fingerprint density at radius 2 is 2.11 bits per heavy atom. The average Bonchev–Trinajstić information content (AvgIpc) is 2.87. The van der Waals surface area contributed by atoms with Crippen LogP contribution in [0.2, 0.25) is 0 Å². The van der Waals surface area contributed by atoms with Crippen molar-refractivity contribution in [3.8, 4) is 0 Å². The summed E-state index contributed by atoms with van der Waals surface area (Å²) in [5, 5.41) is 14.1. The molecule has 2 heterocycles. The SMILES string of the molecule is O=C([O-])c1cc2nc3c(c(C(F)(F)F)n2n1)CCC3. The maximum absolute atomic E-state index is 13.1. The number of carboxylic acid groups (broad SMARTS) is 1. The fourth-order valence-corrected chi connectivity index (χ4v) is 2.38. The van der Waals surface area contributed by atoms with E-state index >= 15 is 0 Å². The highest BCUT2D eigenvalue weighted by Gasteiger charge is 2.39. The first-order valence-corrected chi connectivity index (χ1v) is 5.58. The van der Waals surface area contributed by atoms with Crippen LogP contribution >= 0.6 is 0 Å². The highest BCUT2D eigenvalue weighted by Crippen LogP contribution is 2.36. The van der Waals surface area contributed by atoms with E-state index in [0.717, 1.165) is 6.07 Å². The van der Waals surface area contributed by atoms with Gasteiger partial charge in [0.05, 0.1) is 5.97 Å². The van der Waals surface area contributed by atoms with E-state index in [0.29, 0.717) is 23.1 Å². The quantitative estimate of drug-likeness (QED) is 0.760. The molecule has 100 valence electrons. The van der Waals surface area contributed by atoms with E-state index in [1.54, 1.807) is 0 Å². The normalized spacial score (nSPS) is 14.9. The highest BCUT2D eigenvalue weighted by molar-refractivity contribution is 5.84. The average molecular weight is 270 g/mol. The molecule has 0 saturated carbocycles. The zero-order valence-electron chi connectivity index (χ0n) is 9.49. The van der Waals surface area contributed by atoms with Crippen molar-refractivity contribution in [2.24, 2.45) is 0 Å². The number of carboxylic acids is 1. The van der Waals surface area contributed by atoms with Crippen LogP contribution in [0.3, 0.4) is 0 Å². The molecular formula is C11H7F3N3O2-. The summed E-state index contributed by atoms with van der Waals surface area (Å²) in [7, 11) is 0. The van der Waals surface area contributed by atoms with Gasteiger partial charge in [-0.3, -0.25) is 0 Å². The van der Waals surface area contributed by atoms with E-state index in [9.17, 15) is 23.1 Å². The van der Waals surface area contributed by atoms with E-state index in [1.807, 2.05) is 0 Å². The number of carbonyl (C=O) groups is 1. The Morgan fingerprint density at radius 3 is 2.74 bits per heavy atom. The van der Waals surface area contributed by atoms with Crippen LogP contribution in [0.1, 0.15) is 33.9 Å². The van der Waals surface area contributed by atoms with Gasteiger partial charge in [-0.05, 0) is 19.3 Å². The molecule has 1 aliphatic carbocycles. The number of aromatic nitrogens is 3. The van der Waals surface area contributed by atoms with Gasteiger partial charge in [-0.15, -0.1) is 0 Å². The van der Waals surface area contributed by atoms with Crippen LogP contribution in [-0.4, -0.2) is 20.6 Å². The topological polar surface area (TPSA) is 70.3 Å². The Kier molecular flexibility index (Phi) is 2.32. The number of aryl methyl sites for hydroxylation is 1. The molecule has 0 radical (unpaired) electrons. The second-order valence-corrected chi connectivity index (χ2v) is 4.32. The van der Waals surface area contributed by atoms with Crippen molar-refractivity contribution >= 4 is 11.6 Å². The van der Waals surface area contributed by atoms with E-state index in [4.69, 9.17) is 0 Å². The zero-order valence-corrected chi connectivity index (χ0v) is 9.49. The fraction of sp³-hybridized carbons (Fsp3) is 0.364. The maximum Gasteiger partial charge on any atom is 0.433 e. The summed E-state index contributed by atoms with van der Waals surface area (Å²) in [6, 6.07) is 0.989. The van der Waals surface area contributed by atoms with Crippen LogP contribution in [0.5, 0.6) is 0 Å². The number of fused-ring (bicyclic) bond motifs is 2. The van der Waals surface area contributed by atoms with Crippen LogP contribution in [0.25, 0.3) is 5.65 Å². The molecule has 2 aromatic heterocycles. The van der Waals surface area contributed by atoms with Gasteiger partial charge in [0.1, 0.15) is 5.69 Å². The molecule has 0 bridgehead atoms. The standard InChI is InChI=1S/C11H8F3N3O2/c12-11(13,14)9-5-2-1-3-6(5)15-8-4-7(10(18)19)16-17(8)9/h4H,1-3H2,(H,18,19)/p-1. The largest absolute Gasteiger partial charge is 0.543 e. The molecule has 19 heavy (non-hydrogen) atoms. The number of hydrogen-bond donors (Lipinski definition) is 0. The molecule has 0 N–H and O–H groups in total. The van der Waals surface area contributed by atoms with Gasteiger partial charge in [0, 0.05) is 17.3 Å². The van der Waals surface area contributed by atoms with Gasteiger partial charge in [-0.1, -0.05) is 0 Å². The van der Waals surface area contributed by atoms with Gasteiger partial charge < -0.3 is 9.90 Å². The molecule has 2 aromatic rings. The van der Waals surface area contributed by atoms with Gasteiger partial charge in [-0.25, -0.2) is 9.50 Å². The number of alkyl halides is 3. The van der Waals surface area contributed by atoms with E-state index in [2.05, 4.69) is 10.1 Å². The molecule has 0 amide bonds. The van der Waals surface area contributed by atoms with Crippen LogP contribution < -0.4 is 5.11 Å². The molecule has 0 atom stereocenters. The first-order valence-electron chi connectivity index (χ1n) is 5.58. The third-order valence-electron chi connectivity index (χ3n) is 3.10. The second-order valence-electron chi connectivity index (χ2n) is 4.32. The molecule has 0 unspecified atom stereocenters. The number of nitrogens with zero attached hydrogens (tertiary/aromatic N) is 3. The molecular weight excluding hydrogens is 263 g/mol. The Labute approximate surface area is 104 Å². The zero-order chi connectivity index (χ0) is 13.8. The van der Waals surface area contributed by atoms with Crippen molar-refractivity contribution in [3.05, 3.63) is 28.7 Å². The summed E-state index contributed by atoms with van der Waals surface area (Å²) < 4.78 is 39.9. The lowest BCUT2D eigenvalue weighted by Gasteiger charge is -2.13. The summed E-state index contributed by atoms with van der Waals surface area (Å²) >= 11 is 0. The third kappa shape index (κ3) is 1.74. The monoisotopic (exact) mass is 270 g/mol. The first kappa shape index (κ1) is 11.9. The molecule has 0 spiro atoms. The van der Waals surface area contributed by atoms with E-state index in [-0.39, 0.29) is 17.6 Å². The van der Waals surface area contributed by atoms with Crippen molar-refractivity contribution in [3.63, 3.8) is 0 Å². The van der Waals surface area contributed by atoms with Crippen molar-refractivity contribution < 1.29 is 23.1 Å². The van der Waals surface area contributed by atoms with E-state index in [1.165, 1.54) is 0 Å². The number of aromatic carboxylic acids is 1. The summed E-state index contributed by atoms with van der Waals surface area (Å²) in [4.78, 5) is 14.7. The third-order valence-corrected chi connectivity index (χ3v) is 3.10. The van der Waals surface area contributed by atoms with Gasteiger partial charge in [-0.2, -0.15) is 18.3 Å². The molecule has 3 rings (SSSR count). The molecule has 0 saturated heterocycles. The Bertz CT molecular complexity index is 691. The summed E-state index contributed by atoms with van der Waals surface area (Å²) in [5.74, 6) is -1.63. The van der Waals surface area contributed by atoms with Gasteiger partial charge in [0.25, 0.3) is 0 Å². The number of carbonyl (C=O) groups excluding carboxylic acids is 1. The van der Waals surface area contributed by atoms with Gasteiger partial charge in [0.15, 0.2) is 11.3 Å². The van der Waals surface area contributed by atoms with Crippen molar-refractivity contribution in [2.75, 3.05) is 0 Å². The minimum Gasteiger partial charge on any atom is -0.543 e. The van der Waals surface area contributed by atoms with Gasteiger partial charge in [0.2, 0.25) is 0 Å². The predicted molar refractivity (Wildman–Crippen MR) is 54.3 cm³/mol. The summed E-state index contributed by atoms with van der Waals surface area (Å²) in [6.45, 7) is 0. The van der Waals surface area contributed by atoms with Gasteiger partial charge >= 0.3 is 6.18 Å². The number of hydrogen-bond acceptors (Lipinski definition) is 4. The lowest BCUT2D eigenvalue weighted by Crippen LogP contribution is -2.23. The van der Waals surface area contributed by atoms with Crippen LogP contribution in [0.15, 0.2) is 6.07 Å². The highest BCUT2D eigenvalue weighted by atomic mass is 19.4. The molecule has 0 aliphatic heterocycles. The maximum atomic E-state index is 13.1. The summed E-state index contributed by atoms with van der Waals surface area (Å²) in [6.07, 6.45) is -3.27. The van der Waals surface area contributed by atoms with Crippen molar-refractivity contribution in [1.29, 1.82) is 0 Å². The fourth-order valence-electron chi connectivity index (χ4n) is 2.38. The Morgan fingerprint density at radius 1 is 1.37 bits per heavy atom. The smallest absolute Gasteiger partial charge is 0.433 e. The van der Waals surface area contributed by atoms with Crippen molar-refractivity contribution in [1.82, 2.24) is 14.6 Å². The Balaban J connectivity index is 2.38. The second kappa shape index (κ2) is 3.69. The number of rotatable bonds is 1. The molecule has 1 aliphatic rings.